The van der Waals surface area contributed by atoms with E-state index in [1.165, 1.54) is 35.6 Å². The van der Waals surface area contributed by atoms with Gasteiger partial charge in [0.15, 0.2) is 0 Å². The van der Waals surface area contributed by atoms with Gasteiger partial charge in [-0.2, -0.15) is 0 Å². The second kappa shape index (κ2) is 9.17. The number of ether oxygens (including phenoxy) is 1. The van der Waals surface area contributed by atoms with E-state index in [-0.39, 0.29) is 6.10 Å². The number of carbonyl (C=O) groups excluding carboxylic acids is 2. The number of thiophene rings is 1. The van der Waals surface area contributed by atoms with Crippen LogP contribution in [0.5, 0.6) is 0 Å². The second-order valence-electron chi connectivity index (χ2n) is 7.22. The topological polar surface area (TPSA) is 68.3 Å². The number of aromatic nitrogens is 1. The molecule has 1 aliphatic rings. The van der Waals surface area contributed by atoms with E-state index in [4.69, 9.17) is 4.74 Å². The van der Waals surface area contributed by atoms with Crippen LogP contribution in [0.15, 0.2) is 54.2 Å². The van der Waals surface area contributed by atoms with Crippen molar-refractivity contribution in [1.82, 2.24) is 4.98 Å². The number of benzene rings is 1. The van der Waals surface area contributed by atoms with E-state index in [2.05, 4.69) is 10.3 Å². The number of halogens is 1. The average Bonchev–Trinajstić information content (AvgIpc) is 3.19. The van der Waals surface area contributed by atoms with Gasteiger partial charge >= 0.3 is 5.97 Å². The molecular formula is C23H21FN2O3S. The first-order valence-electron chi connectivity index (χ1n) is 9.91. The van der Waals surface area contributed by atoms with Crippen molar-refractivity contribution in [3.8, 4) is 11.1 Å². The van der Waals surface area contributed by atoms with Crippen molar-refractivity contribution in [1.29, 1.82) is 0 Å². The molecule has 1 aromatic carbocycles. The summed E-state index contributed by atoms with van der Waals surface area (Å²) >= 11 is 1.26. The molecule has 1 aliphatic carbocycles. The van der Waals surface area contributed by atoms with E-state index in [1.807, 2.05) is 17.5 Å². The number of amides is 1. The van der Waals surface area contributed by atoms with Gasteiger partial charge in [0, 0.05) is 28.9 Å². The Hall–Kier alpha value is -3.06. The van der Waals surface area contributed by atoms with E-state index in [0.29, 0.717) is 21.7 Å². The average molecular weight is 424 g/mol. The lowest BCUT2D eigenvalue weighted by atomic mass is 9.97. The molecule has 0 radical (unpaired) electrons. The van der Waals surface area contributed by atoms with Crippen LogP contribution >= 0.6 is 11.3 Å². The number of pyridine rings is 1. The van der Waals surface area contributed by atoms with Gasteiger partial charge in [0.2, 0.25) is 0 Å². The smallest absolute Gasteiger partial charge is 0.342 e. The Morgan fingerprint density at radius 2 is 1.73 bits per heavy atom. The Morgan fingerprint density at radius 1 is 1.03 bits per heavy atom. The fourth-order valence-corrected chi connectivity index (χ4v) is 4.52. The minimum Gasteiger partial charge on any atom is -0.459 e. The minimum absolute atomic E-state index is 0.0999. The van der Waals surface area contributed by atoms with Gasteiger partial charge in [-0.3, -0.25) is 9.78 Å². The van der Waals surface area contributed by atoms with E-state index in [0.717, 1.165) is 37.7 Å². The molecule has 2 aromatic heterocycles. The van der Waals surface area contributed by atoms with Gasteiger partial charge in [-0.25, -0.2) is 9.18 Å². The Kier molecular flexibility index (Phi) is 6.18. The van der Waals surface area contributed by atoms with Crippen LogP contribution in [0.3, 0.4) is 0 Å². The van der Waals surface area contributed by atoms with Gasteiger partial charge in [0.25, 0.3) is 5.91 Å². The molecule has 1 N–H and O–H groups in total. The molecule has 0 atom stereocenters. The van der Waals surface area contributed by atoms with Gasteiger partial charge < -0.3 is 10.1 Å². The molecule has 1 saturated carbocycles. The quantitative estimate of drug-likeness (QED) is 0.534. The fraction of sp³-hybridized carbons (Fsp3) is 0.261. The zero-order valence-electron chi connectivity index (χ0n) is 16.3. The molecule has 2 heterocycles. The highest BCUT2D eigenvalue weighted by Gasteiger charge is 2.26. The van der Waals surface area contributed by atoms with Crippen molar-refractivity contribution in [2.24, 2.45) is 0 Å². The third-order valence-electron chi connectivity index (χ3n) is 5.15. The summed E-state index contributed by atoms with van der Waals surface area (Å²) in [4.78, 5) is 29.8. The van der Waals surface area contributed by atoms with Crippen molar-refractivity contribution in [2.75, 3.05) is 5.32 Å². The lowest BCUT2D eigenvalue weighted by Crippen LogP contribution is -2.22. The summed E-state index contributed by atoms with van der Waals surface area (Å²) in [6.07, 6.45) is 8.18. The minimum atomic E-state index is -0.440. The predicted octanol–water partition coefficient (Wildman–Crippen LogP) is 5.69. The molecule has 1 fully saturated rings. The normalized spacial score (nSPS) is 14.3. The summed E-state index contributed by atoms with van der Waals surface area (Å²) in [5.74, 6) is -1.27. The largest absolute Gasteiger partial charge is 0.459 e. The molecule has 0 unspecified atom stereocenters. The van der Waals surface area contributed by atoms with Crippen LogP contribution in [0.4, 0.5) is 9.39 Å². The van der Waals surface area contributed by atoms with Gasteiger partial charge in [-0.15, -0.1) is 11.3 Å². The number of carbonyl (C=O) groups is 2. The highest BCUT2D eigenvalue weighted by atomic mass is 32.1. The van der Waals surface area contributed by atoms with Gasteiger partial charge in [0.1, 0.15) is 22.5 Å². The number of nitrogens with zero attached hydrogens (tertiary/aromatic N) is 1. The SMILES string of the molecule is O=C(Nc1scc(-c2ccncc2)c1C(=O)OC1CCCCC1)c1ccc(F)cc1. The summed E-state index contributed by atoms with van der Waals surface area (Å²) in [7, 11) is 0. The molecule has 7 heteroatoms. The third-order valence-corrected chi connectivity index (χ3v) is 6.04. The number of anilines is 1. The number of esters is 1. The second-order valence-corrected chi connectivity index (χ2v) is 8.10. The van der Waals surface area contributed by atoms with Crippen molar-refractivity contribution >= 4 is 28.2 Å². The molecule has 154 valence electrons. The number of hydrogen-bond donors (Lipinski definition) is 1. The van der Waals surface area contributed by atoms with Gasteiger partial charge in [0.05, 0.1) is 0 Å². The maximum Gasteiger partial charge on any atom is 0.342 e. The molecule has 0 aliphatic heterocycles. The maximum atomic E-state index is 13.2. The first kappa shape index (κ1) is 20.2. The van der Waals surface area contributed by atoms with Crippen LogP contribution < -0.4 is 5.32 Å². The number of rotatable bonds is 5. The molecular weight excluding hydrogens is 403 g/mol. The molecule has 1 amide bonds. The van der Waals surface area contributed by atoms with E-state index >= 15 is 0 Å². The van der Waals surface area contributed by atoms with Crippen LogP contribution in [0.1, 0.15) is 52.8 Å². The van der Waals surface area contributed by atoms with Crippen molar-refractivity contribution < 1.29 is 18.7 Å². The first-order valence-corrected chi connectivity index (χ1v) is 10.8. The molecule has 0 bridgehead atoms. The zero-order chi connectivity index (χ0) is 20.9. The van der Waals surface area contributed by atoms with Crippen molar-refractivity contribution in [2.45, 2.75) is 38.2 Å². The van der Waals surface area contributed by atoms with E-state index in [9.17, 15) is 14.0 Å². The van der Waals surface area contributed by atoms with Crippen LogP contribution in [0, 0.1) is 5.82 Å². The van der Waals surface area contributed by atoms with Crippen LogP contribution in [0.25, 0.3) is 11.1 Å². The van der Waals surface area contributed by atoms with Crippen LogP contribution in [-0.2, 0) is 4.74 Å². The molecule has 30 heavy (non-hydrogen) atoms. The number of hydrogen-bond acceptors (Lipinski definition) is 5. The van der Waals surface area contributed by atoms with Gasteiger partial charge in [-0.05, 0) is 67.6 Å². The van der Waals surface area contributed by atoms with E-state index < -0.39 is 17.7 Å². The zero-order valence-corrected chi connectivity index (χ0v) is 17.1. The van der Waals surface area contributed by atoms with Crippen LogP contribution in [-0.4, -0.2) is 23.0 Å². The maximum absolute atomic E-state index is 13.2. The Morgan fingerprint density at radius 3 is 2.43 bits per heavy atom. The summed E-state index contributed by atoms with van der Waals surface area (Å²) < 4.78 is 19.0. The van der Waals surface area contributed by atoms with Crippen molar-refractivity contribution in [3.63, 3.8) is 0 Å². The van der Waals surface area contributed by atoms with E-state index in [1.54, 1.807) is 12.4 Å². The molecule has 5 nitrogen and oxygen atoms in total. The highest BCUT2D eigenvalue weighted by Crippen LogP contribution is 2.37. The standard InChI is InChI=1S/C23H21FN2O3S/c24-17-8-6-16(7-9-17)21(27)26-22-20(23(28)29-18-4-2-1-3-5-18)19(14-30-22)15-10-12-25-13-11-15/h6-14,18H,1-5H2,(H,26,27). The molecule has 0 saturated heterocycles. The Bertz CT molecular complexity index is 1030. The molecule has 4 rings (SSSR count). The number of nitrogens with one attached hydrogen (secondary N) is 1. The molecule has 3 aromatic rings. The fourth-order valence-electron chi connectivity index (χ4n) is 3.57. The predicted molar refractivity (Wildman–Crippen MR) is 114 cm³/mol. The first-order chi connectivity index (χ1) is 14.6. The van der Waals surface area contributed by atoms with Gasteiger partial charge in [-0.1, -0.05) is 6.42 Å². The summed E-state index contributed by atoms with van der Waals surface area (Å²) in [6.45, 7) is 0. The van der Waals surface area contributed by atoms with Crippen LogP contribution in [0.2, 0.25) is 0 Å². The molecule has 0 spiro atoms. The highest BCUT2D eigenvalue weighted by molar-refractivity contribution is 7.15. The lowest BCUT2D eigenvalue weighted by Gasteiger charge is -2.22. The summed E-state index contributed by atoms with van der Waals surface area (Å²) in [5.41, 5.74) is 2.16. The van der Waals surface area contributed by atoms with Crippen molar-refractivity contribution in [3.05, 3.63) is 71.1 Å². The third kappa shape index (κ3) is 4.57. The lowest BCUT2D eigenvalue weighted by molar-refractivity contribution is 0.0214. The Balaban J connectivity index is 1.64. The Labute approximate surface area is 177 Å². The summed E-state index contributed by atoms with van der Waals surface area (Å²) in [5, 5.41) is 5.04. The summed E-state index contributed by atoms with van der Waals surface area (Å²) in [6, 6.07) is 8.88. The monoisotopic (exact) mass is 424 g/mol.